The Morgan fingerprint density at radius 2 is 1.80 bits per heavy atom. The maximum Gasteiger partial charge on any atom is 0.300 e. The molecule has 0 bridgehead atoms. The number of aromatic nitrogens is 1. The van der Waals surface area contributed by atoms with Crippen LogP contribution in [-0.2, 0) is 4.79 Å². The van der Waals surface area contributed by atoms with Crippen molar-refractivity contribution in [1.29, 1.82) is 5.41 Å². The molecule has 0 atom stereocenters. The molecule has 2 aromatic carbocycles. The van der Waals surface area contributed by atoms with Gasteiger partial charge < -0.3 is 24.9 Å². The molecule has 0 unspecified atom stereocenters. The highest BCUT2D eigenvalue weighted by molar-refractivity contribution is 6.10. The number of carboxylic acid groups (broad SMARTS) is 1. The number of benzene rings is 2. The first-order chi connectivity index (χ1) is 16.7. The van der Waals surface area contributed by atoms with E-state index in [2.05, 4.69) is 13.8 Å². The lowest BCUT2D eigenvalue weighted by Crippen LogP contribution is -2.04. The van der Waals surface area contributed by atoms with E-state index in [4.69, 9.17) is 25.2 Å². The zero-order valence-corrected chi connectivity index (χ0v) is 20.4. The molecule has 0 saturated carbocycles. The second kappa shape index (κ2) is 13.2. The van der Waals surface area contributed by atoms with Crippen molar-refractivity contribution in [3.8, 4) is 11.4 Å². The number of ether oxygens (including phenoxy) is 1. The number of aliphatic hydroxyl groups excluding tert-OH is 1. The van der Waals surface area contributed by atoms with Gasteiger partial charge in [-0.1, -0.05) is 26.7 Å². The summed E-state index contributed by atoms with van der Waals surface area (Å²) in [5, 5.41) is 37.1. The number of non-ortho nitro benzene ring substituents is 1. The van der Waals surface area contributed by atoms with Crippen LogP contribution in [0.4, 0.5) is 5.69 Å². The lowest BCUT2D eigenvalue weighted by molar-refractivity contribution is -0.384. The summed E-state index contributed by atoms with van der Waals surface area (Å²) in [6.45, 7) is 5.59. The van der Waals surface area contributed by atoms with Crippen LogP contribution in [0.1, 0.15) is 52.0 Å². The van der Waals surface area contributed by atoms with Crippen LogP contribution in [0.25, 0.3) is 16.6 Å². The number of aliphatic carboxylic acids is 1. The number of nitrogens with zero attached hydrogens (tertiary/aromatic N) is 2. The molecule has 1 aromatic heterocycles. The molecule has 35 heavy (non-hydrogen) atoms. The summed E-state index contributed by atoms with van der Waals surface area (Å²) in [5.74, 6) is 0.406. The predicted octanol–water partition coefficient (Wildman–Crippen LogP) is 5.58. The van der Waals surface area contributed by atoms with Gasteiger partial charge in [0, 0.05) is 47.6 Å². The van der Waals surface area contributed by atoms with E-state index in [1.165, 1.54) is 12.1 Å². The van der Waals surface area contributed by atoms with Crippen molar-refractivity contribution in [2.75, 3.05) is 13.2 Å². The maximum atomic E-state index is 11.0. The highest BCUT2D eigenvalue weighted by Gasteiger charge is 2.16. The number of hydrogen-bond donors (Lipinski definition) is 3. The normalized spacial score (nSPS) is 10.7. The molecule has 0 aliphatic heterocycles. The highest BCUT2D eigenvalue weighted by Crippen LogP contribution is 2.31. The van der Waals surface area contributed by atoms with Crippen LogP contribution in [0.5, 0.6) is 5.75 Å². The van der Waals surface area contributed by atoms with E-state index in [1.807, 2.05) is 29.0 Å². The van der Waals surface area contributed by atoms with Gasteiger partial charge in [0.25, 0.3) is 11.7 Å². The number of nitro benzene ring substituents is 1. The average molecular weight is 484 g/mol. The van der Waals surface area contributed by atoms with Crippen LogP contribution >= 0.6 is 0 Å². The second-order valence-electron chi connectivity index (χ2n) is 8.16. The van der Waals surface area contributed by atoms with Crippen molar-refractivity contribution in [3.63, 3.8) is 0 Å². The Labute approximate surface area is 204 Å². The van der Waals surface area contributed by atoms with E-state index in [1.54, 1.807) is 12.1 Å². The van der Waals surface area contributed by atoms with Crippen LogP contribution in [0.15, 0.2) is 48.7 Å². The average Bonchev–Trinajstić information content (AvgIpc) is 3.22. The van der Waals surface area contributed by atoms with Crippen molar-refractivity contribution >= 4 is 28.3 Å². The molecule has 3 rings (SSSR count). The first kappa shape index (κ1) is 27.5. The van der Waals surface area contributed by atoms with Crippen molar-refractivity contribution in [1.82, 2.24) is 4.57 Å². The van der Waals surface area contributed by atoms with Crippen LogP contribution in [0, 0.1) is 21.4 Å². The summed E-state index contributed by atoms with van der Waals surface area (Å²) in [4.78, 5) is 19.6. The van der Waals surface area contributed by atoms with Gasteiger partial charge in [-0.15, -0.1) is 0 Å². The number of hydrogen-bond acceptors (Lipinski definition) is 6. The fraction of sp³-hybridized carbons (Fsp3) is 0.385. The number of nitrogens with one attached hydrogen (secondary N) is 1. The van der Waals surface area contributed by atoms with Crippen LogP contribution in [0.3, 0.4) is 0 Å². The number of carboxylic acids is 1. The Hall–Kier alpha value is -3.72. The maximum absolute atomic E-state index is 11.0. The summed E-state index contributed by atoms with van der Waals surface area (Å²) in [6.07, 6.45) is 5.79. The molecule has 3 aromatic rings. The van der Waals surface area contributed by atoms with Gasteiger partial charge in [-0.25, -0.2) is 0 Å². The fourth-order valence-corrected chi connectivity index (χ4v) is 3.83. The van der Waals surface area contributed by atoms with Gasteiger partial charge in [0.15, 0.2) is 0 Å². The minimum Gasteiger partial charge on any atom is -0.491 e. The molecule has 188 valence electrons. The molecule has 0 amide bonds. The van der Waals surface area contributed by atoms with Crippen molar-refractivity contribution in [2.24, 2.45) is 5.92 Å². The highest BCUT2D eigenvalue weighted by atomic mass is 16.6. The van der Waals surface area contributed by atoms with Crippen molar-refractivity contribution < 1.29 is 24.7 Å². The first-order valence-electron chi connectivity index (χ1n) is 11.6. The molecular weight excluding hydrogens is 450 g/mol. The van der Waals surface area contributed by atoms with Gasteiger partial charge in [0.2, 0.25) is 0 Å². The third-order valence-corrected chi connectivity index (χ3v) is 5.76. The Kier molecular flexibility index (Phi) is 10.4. The topological polar surface area (TPSA) is 139 Å². The van der Waals surface area contributed by atoms with Gasteiger partial charge in [-0.2, -0.15) is 0 Å². The second-order valence-corrected chi connectivity index (χ2v) is 8.16. The Bertz CT molecular complexity index is 1150. The van der Waals surface area contributed by atoms with E-state index in [0.29, 0.717) is 23.8 Å². The number of aliphatic hydroxyl groups is 1. The zero-order chi connectivity index (χ0) is 26.0. The molecule has 1 heterocycles. The summed E-state index contributed by atoms with van der Waals surface area (Å²) >= 11 is 0. The lowest BCUT2D eigenvalue weighted by Gasteiger charge is -2.12. The number of fused-ring (bicyclic) bond motifs is 1. The van der Waals surface area contributed by atoms with Crippen LogP contribution < -0.4 is 4.74 Å². The SMILES string of the molecule is CC(=O)O.CCC(CC)CCC(=N)c1cn(-c2ccc([N+](=O)[O-])cc2)c2ccc(OCCO)cc12. The van der Waals surface area contributed by atoms with E-state index in [0.717, 1.165) is 48.3 Å². The molecule has 3 N–H and O–H groups in total. The Morgan fingerprint density at radius 3 is 2.34 bits per heavy atom. The van der Waals surface area contributed by atoms with Crippen molar-refractivity contribution in [3.05, 3.63) is 64.3 Å². The Morgan fingerprint density at radius 1 is 1.17 bits per heavy atom. The van der Waals surface area contributed by atoms with Crippen LogP contribution in [-0.4, -0.2) is 44.6 Å². The molecule has 0 saturated heterocycles. The molecule has 0 fully saturated rings. The predicted molar refractivity (Wildman–Crippen MR) is 136 cm³/mol. The van der Waals surface area contributed by atoms with Crippen LogP contribution in [0.2, 0.25) is 0 Å². The molecule has 0 aliphatic rings. The number of rotatable bonds is 11. The molecule has 0 aliphatic carbocycles. The van der Waals surface area contributed by atoms with E-state index in [9.17, 15) is 10.1 Å². The quantitative estimate of drug-likeness (QED) is 0.185. The third kappa shape index (κ3) is 7.65. The molecule has 9 heteroatoms. The monoisotopic (exact) mass is 483 g/mol. The van der Waals surface area contributed by atoms with Gasteiger partial charge in [-0.3, -0.25) is 14.9 Å². The minimum absolute atomic E-state index is 0.0399. The van der Waals surface area contributed by atoms with Gasteiger partial charge in [0.1, 0.15) is 12.4 Å². The molecule has 9 nitrogen and oxygen atoms in total. The number of nitro groups is 1. The molecule has 0 spiro atoms. The fourth-order valence-electron chi connectivity index (χ4n) is 3.83. The summed E-state index contributed by atoms with van der Waals surface area (Å²) in [7, 11) is 0. The van der Waals surface area contributed by atoms with E-state index >= 15 is 0 Å². The van der Waals surface area contributed by atoms with Gasteiger partial charge in [0.05, 0.1) is 17.0 Å². The standard InChI is InChI=1S/C24H29N3O4.C2H4O2/c1-3-17(4-2)5-11-23(25)22-16-26(18-6-8-19(9-7-18)27(29)30)24-12-10-20(15-21(22)24)31-14-13-28;1-2(3)4/h6-10,12,15-17,25,28H,3-5,11,13-14H2,1-2H3;1H3,(H,3,4). The number of carbonyl (C=O) groups is 1. The van der Waals surface area contributed by atoms with Gasteiger partial charge in [-0.05, 0) is 49.1 Å². The van der Waals surface area contributed by atoms with E-state index in [-0.39, 0.29) is 18.9 Å². The summed E-state index contributed by atoms with van der Waals surface area (Å²) < 4.78 is 7.54. The largest absolute Gasteiger partial charge is 0.491 e. The third-order valence-electron chi connectivity index (χ3n) is 5.76. The van der Waals surface area contributed by atoms with E-state index < -0.39 is 10.9 Å². The Balaban J connectivity index is 0.00000100. The smallest absolute Gasteiger partial charge is 0.300 e. The van der Waals surface area contributed by atoms with Gasteiger partial charge >= 0.3 is 0 Å². The molecule has 0 radical (unpaired) electrons. The summed E-state index contributed by atoms with van der Waals surface area (Å²) in [6, 6.07) is 12.0. The summed E-state index contributed by atoms with van der Waals surface area (Å²) in [5.41, 5.74) is 3.12. The minimum atomic E-state index is -0.833. The first-order valence-corrected chi connectivity index (χ1v) is 11.6. The lowest BCUT2D eigenvalue weighted by atomic mass is 9.94. The zero-order valence-electron chi connectivity index (χ0n) is 20.4. The van der Waals surface area contributed by atoms with Crippen molar-refractivity contribution in [2.45, 2.75) is 46.5 Å². The molecular formula is C26H33N3O6.